The van der Waals surface area contributed by atoms with E-state index in [9.17, 15) is 0 Å². The van der Waals surface area contributed by atoms with Crippen LogP contribution in [0.15, 0.2) is 64.5 Å². The molecule has 2 heterocycles. The third-order valence-corrected chi connectivity index (χ3v) is 10.7. The molecule has 1 fully saturated rings. The molecule has 0 radical (unpaired) electrons. The number of pyridine rings is 1. The Balaban J connectivity index is 1.55. The minimum atomic E-state index is 0.196. The molecule has 0 saturated heterocycles. The quantitative estimate of drug-likeness (QED) is 0.154. The van der Waals surface area contributed by atoms with E-state index >= 15 is 0 Å². The van der Waals surface area contributed by atoms with E-state index in [1.807, 2.05) is 11.8 Å². The molecule has 4 aromatic carbocycles. The zero-order valence-corrected chi connectivity index (χ0v) is 26.8. The van der Waals surface area contributed by atoms with Gasteiger partial charge in [0.1, 0.15) is 7.05 Å². The predicted molar refractivity (Wildman–Crippen MR) is 177 cm³/mol. The Labute approximate surface area is 250 Å². The Morgan fingerprint density at radius 3 is 2.41 bits per heavy atom. The van der Waals surface area contributed by atoms with Crippen LogP contribution in [-0.4, -0.2) is 0 Å². The van der Waals surface area contributed by atoms with Crippen LogP contribution in [0.5, 0.6) is 0 Å². The molecule has 2 heteroatoms. The van der Waals surface area contributed by atoms with Crippen LogP contribution < -0.4 is 4.57 Å². The zero-order chi connectivity index (χ0) is 28.6. The number of hydrogen-bond acceptors (Lipinski definition) is 1. The summed E-state index contributed by atoms with van der Waals surface area (Å²) in [5.74, 6) is 1.38. The average molecular weight is 559 g/mol. The van der Waals surface area contributed by atoms with Crippen molar-refractivity contribution in [3.8, 4) is 11.3 Å². The van der Waals surface area contributed by atoms with Crippen molar-refractivity contribution in [3.63, 3.8) is 0 Å². The highest BCUT2D eigenvalue weighted by Crippen LogP contribution is 2.53. The third kappa shape index (κ3) is 4.58. The maximum absolute atomic E-state index is 2.53. The molecular weight excluding hydrogens is 515 g/mol. The van der Waals surface area contributed by atoms with Crippen LogP contribution in [0.1, 0.15) is 88.5 Å². The van der Waals surface area contributed by atoms with Crippen molar-refractivity contribution >= 4 is 44.1 Å². The fourth-order valence-electron chi connectivity index (χ4n) is 7.72. The summed E-state index contributed by atoms with van der Waals surface area (Å²) >= 11 is 2.03. The van der Waals surface area contributed by atoms with E-state index in [1.165, 1.54) is 101 Å². The van der Waals surface area contributed by atoms with Crippen LogP contribution in [0, 0.1) is 18.3 Å². The first kappa shape index (κ1) is 27.0. The van der Waals surface area contributed by atoms with Crippen molar-refractivity contribution < 1.29 is 4.57 Å². The summed E-state index contributed by atoms with van der Waals surface area (Å²) in [6.45, 7) is 14.2. The smallest absolute Gasteiger partial charge is 0.200 e. The fourth-order valence-corrected chi connectivity index (χ4v) is 9.09. The summed E-state index contributed by atoms with van der Waals surface area (Å²) in [6, 6.07) is 19.5. The number of benzene rings is 4. The van der Waals surface area contributed by atoms with Gasteiger partial charge in [-0.15, -0.1) is 0 Å². The topological polar surface area (TPSA) is 3.88 Å². The fraction of sp³-hybridized carbons (Fsp3) is 0.410. The Bertz CT molecular complexity index is 1850. The average Bonchev–Trinajstić information content (AvgIpc) is 3.46. The number of fused-ring (bicyclic) bond motifs is 5. The molecule has 41 heavy (non-hydrogen) atoms. The Hall–Kier alpha value is -2.84. The van der Waals surface area contributed by atoms with Crippen molar-refractivity contribution in [2.45, 2.75) is 95.8 Å². The number of aryl methyl sites for hydroxylation is 2. The minimum Gasteiger partial charge on any atom is -0.200 e. The molecule has 1 nitrogen and oxygen atoms in total. The number of nitrogens with zero attached hydrogens (tertiary/aromatic N) is 1. The highest BCUT2D eigenvalue weighted by atomic mass is 32.2. The summed E-state index contributed by atoms with van der Waals surface area (Å²) in [6.07, 6.45) is 9.93. The van der Waals surface area contributed by atoms with Crippen molar-refractivity contribution in [2.24, 2.45) is 18.4 Å². The van der Waals surface area contributed by atoms with E-state index in [-0.39, 0.29) is 5.41 Å². The van der Waals surface area contributed by atoms with Crippen molar-refractivity contribution in [1.29, 1.82) is 0 Å². The lowest BCUT2D eigenvalue weighted by molar-refractivity contribution is -0.659. The molecule has 2 aliphatic rings. The highest BCUT2D eigenvalue weighted by Gasteiger charge is 2.33. The van der Waals surface area contributed by atoms with Gasteiger partial charge >= 0.3 is 0 Å². The van der Waals surface area contributed by atoms with E-state index in [0.717, 1.165) is 18.8 Å². The summed E-state index contributed by atoms with van der Waals surface area (Å²) < 4.78 is 2.40. The molecule has 0 unspecified atom stereocenters. The first-order valence-electron chi connectivity index (χ1n) is 15.7. The second kappa shape index (κ2) is 9.87. The first-order chi connectivity index (χ1) is 19.6. The van der Waals surface area contributed by atoms with Crippen LogP contribution >= 0.6 is 11.8 Å². The van der Waals surface area contributed by atoms with Gasteiger partial charge in [0, 0.05) is 21.2 Å². The van der Waals surface area contributed by atoms with E-state index in [0.29, 0.717) is 5.92 Å². The molecule has 210 valence electrons. The molecular formula is C39H44NS+. The van der Waals surface area contributed by atoms with E-state index in [2.05, 4.69) is 108 Å². The standard InChI is InChI=1S/C39H44NS/c1-23(2)18-25-12-15-29-31(19-25)24(3)35-37-36-30(16-17-40(37)7)32-20-27(26-10-8-9-11-26)13-14-28(32)21-34(36)41-38(35)33(29)22-39(4,5)6/h12-17,19-21,23,26H,8-11,18,22H2,1-7H3/q+1. The Kier molecular flexibility index (Phi) is 6.51. The van der Waals surface area contributed by atoms with E-state index in [1.54, 1.807) is 0 Å². The largest absolute Gasteiger partial charge is 0.222 e. The van der Waals surface area contributed by atoms with Crippen molar-refractivity contribution in [3.05, 3.63) is 77.0 Å². The molecule has 1 saturated carbocycles. The highest BCUT2D eigenvalue weighted by molar-refractivity contribution is 8.00. The van der Waals surface area contributed by atoms with Gasteiger partial charge in [0.15, 0.2) is 6.20 Å². The lowest BCUT2D eigenvalue weighted by Crippen LogP contribution is -2.32. The molecule has 0 spiro atoms. The van der Waals surface area contributed by atoms with E-state index in [4.69, 9.17) is 0 Å². The number of hydrogen-bond donors (Lipinski definition) is 0. The third-order valence-electron chi connectivity index (χ3n) is 9.54. The molecule has 0 N–H and O–H groups in total. The lowest BCUT2D eigenvalue weighted by atomic mass is 9.82. The van der Waals surface area contributed by atoms with Gasteiger partial charge in [0.25, 0.3) is 0 Å². The molecule has 1 aliphatic heterocycles. The van der Waals surface area contributed by atoms with E-state index < -0.39 is 0 Å². The van der Waals surface area contributed by atoms with Gasteiger partial charge < -0.3 is 0 Å². The summed E-state index contributed by atoms with van der Waals surface area (Å²) in [7, 11) is 2.25. The number of aromatic nitrogens is 1. The second-order valence-corrected chi connectivity index (χ2v) is 15.6. The minimum absolute atomic E-state index is 0.196. The lowest BCUT2D eigenvalue weighted by Gasteiger charge is -2.28. The summed E-state index contributed by atoms with van der Waals surface area (Å²) in [5.41, 5.74) is 8.98. The molecule has 0 amide bonds. The maximum atomic E-state index is 2.53. The molecule has 0 bridgehead atoms. The van der Waals surface area contributed by atoms with Crippen molar-refractivity contribution in [1.82, 2.24) is 0 Å². The van der Waals surface area contributed by atoms with Gasteiger partial charge in [0.05, 0.1) is 10.9 Å². The first-order valence-corrected chi connectivity index (χ1v) is 16.6. The van der Waals surface area contributed by atoms with Crippen LogP contribution in [0.3, 0.4) is 0 Å². The number of rotatable bonds is 4. The maximum Gasteiger partial charge on any atom is 0.222 e. The Morgan fingerprint density at radius 1 is 0.902 bits per heavy atom. The molecule has 1 aromatic heterocycles. The van der Waals surface area contributed by atoms with Crippen molar-refractivity contribution in [2.75, 3.05) is 0 Å². The zero-order valence-electron chi connectivity index (χ0n) is 25.9. The van der Waals surface area contributed by atoms with Crippen LogP contribution in [0.2, 0.25) is 0 Å². The van der Waals surface area contributed by atoms with Gasteiger partial charge in [-0.2, -0.15) is 0 Å². The molecule has 5 aromatic rings. The van der Waals surface area contributed by atoms with Gasteiger partial charge in [0.2, 0.25) is 5.69 Å². The van der Waals surface area contributed by atoms with Crippen LogP contribution in [0.25, 0.3) is 43.6 Å². The van der Waals surface area contributed by atoms with Gasteiger partial charge in [-0.3, -0.25) is 0 Å². The van der Waals surface area contributed by atoms with Crippen LogP contribution in [-0.2, 0) is 19.9 Å². The molecule has 0 atom stereocenters. The van der Waals surface area contributed by atoms with Gasteiger partial charge in [-0.05, 0) is 99.7 Å². The van der Waals surface area contributed by atoms with Gasteiger partial charge in [-0.25, -0.2) is 4.57 Å². The normalized spacial score (nSPS) is 15.5. The molecule has 1 aliphatic carbocycles. The second-order valence-electron chi connectivity index (χ2n) is 14.5. The predicted octanol–water partition coefficient (Wildman–Crippen LogP) is 10.9. The SMILES string of the molecule is Cc1c2c(c(CC(C)(C)C)c3ccc(CC(C)C)cc13)Sc1cc3ccc(C4CCCC4)cc3c3cc[n+](C)c-2c13. The van der Waals surface area contributed by atoms with Crippen LogP contribution in [0.4, 0.5) is 0 Å². The summed E-state index contributed by atoms with van der Waals surface area (Å²) in [4.78, 5) is 2.88. The Morgan fingerprint density at radius 2 is 1.68 bits per heavy atom. The van der Waals surface area contributed by atoms with Gasteiger partial charge in [-0.1, -0.05) is 95.6 Å². The molecule has 7 rings (SSSR count). The summed E-state index contributed by atoms with van der Waals surface area (Å²) in [5, 5.41) is 8.52. The monoisotopic (exact) mass is 558 g/mol.